The van der Waals surface area contributed by atoms with E-state index in [0.29, 0.717) is 0 Å². The van der Waals surface area contributed by atoms with Crippen molar-refractivity contribution in [3.8, 4) is 0 Å². The van der Waals surface area contributed by atoms with Gasteiger partial charge in [-0.25, -0.2) is 0 Å². The molecule has 1 aromatic carbocycles. The maximum absolute atomic E-state index is 3.25. The molecule has 0 saturated heterocycles. The summed E-state index contributed by atoms with van der Waals surface area (Å²) in [5.41, 5.74) is 6.39. The Bertz CT molecular complexity index is 564. The summed E-state index contributed by atoms with van der Waals surface area (Å²) in [4.78, 5) is 5.00. The summed E-state index contributed by atoms with van der Waals surface area (Å²) in [6, 6.07) is 4.86. The van der Waals surface area contributed by atoms with Crippen LogP contribution in [0.2, 0.25) is 0 Å². The van der Waals surface area contributed by atoms with Crippen molar-refractivity contribution in [2.75, 3.05) is 38.6 Å². The quantitative estimate of drug-likeness (QED) is 0.905. The van der Waals surface area contributed by atoms with Crippen molar-refractivity contribution in [2.24, 2.45) is 0 Å². The molecular weight excluding hydrogens is 294 g/mol. The molecule has 1 N–H and O–H groups in total. The van der Waals surface area contributed by atoms with Crippen LogP contribution in [0.3, 0.4) is 0 Å². The lowest BCUT2D eigenvalue weighted by molar-refractivity contribution is 0.120. The third kappa shape index (κ3) is 4.31. The number of nitrogens with zero attached hydrogens (tertiary/aromatic N) is 2. The van der Waals surface area contributed by atoms with E-state index in [4.69, 9.17) is 0 Å². The zero-order valence-electron chi connectivity index (χ0n) is 17.1. The average molecular weight is 332 g/mol. The highest BCUT2D eigenvalue weighted by Gasteiger charge is 2.30. The van der Waals surface area contributed by atoms with Gasteiger partial charge in [0.05, 0.1) is 0 Å². The second-order valence-electron chi connectivity index (χ2n) is 9.25. The van der Waals surface area contributed by atoms with Crippen LogP contribution in [0.5, 0.6) is 0 Å². The standard InChI is InChI=1S/C21H37N3/c1-20(2,3)19-14-17(23(8)12-10-22-7)13-16-9-11-24(15-18(16)19)21(4,5)6/h13-14,22H,9-12,15H2,1-8H3. The number of hydrogen-bond acceptors (Lipinski definition) is 3. The minimum atomic E-state index is 0.171. The number of hydrogen-bond donors (Lipinski definition) is 1. The predicted octanol–water partition coefficient (Wildman–Crippen LogP) is 3.80. The number of anilines is 1. The van der Waals surface area contributed by atoms with E-state index in [9.17, 15) is 0 Å². The summed E-state index contributed by atoms with van der Waals surface area (Å²) in [7, 11) is 4.22. The molecule has 0 unspecified atom stereocenters. The first-order valence-corrected chi connectivity index (χ1v) is 9.31. The molecule has 1 heterocycles. The second kappa shape index (κ2) is 7.05. The van der Waals surface area contributed by atoms with Crippen molar-refractivity contribution < 1.29 is 0 Å². The Kier molecular flexibility index (Phi) is 5.66. The third-order valence-corrected chi connectivity index (χ3v) is 5.22. The fourth-order valence-electron chi connectivity index (χ4n) is 3.52. The van der Waals surface area contributed by atoms with Gasteiger partial charge in [-0.1, -0.05) is 20.8 Å². The molecule has 0 amide bonds. The number of fused-ring (bicyclic) bond motifs is 1. The largest absolute Gasteiger partial charge is 0.373 e. The van der Waals surface area contributed by atoms with Gasteiger partial charge in [-0.3, -0.25) is 4.90 Å². The SMILES string of the molecule is CNCCN(C)c1cc2c(c(C(C)(C)C)c1)CN(C(C)(C)C)CC2. The fraction of sp³-hybridized carbons (Fsp3) is 0.714. The molecule has 1 aliphatic rings. The third-order valence-electron chi connectivity index (χ3n) is 5.22. The molecule has 0 bridgehead atoms. The van der Waals surface area contributed by atoms with Crippen LogP contribution in [-0.2, 0) is 18.4 Å². The molecule has 0 aliphatic carbocycles. The van der Waals surface area contributed by atoms with Gasteiger partial charge in [0.2, 0.25) is 0 Å². The molecule has 0 atom stereocenters. The van der Waals surface area contributed by atoms with Gasteiger partial charge in [0, 0.05) is 44.5 Å². The van der Waals surface area contributed by atoms with Gasteiger partial charge in [-0.15, -0.1) is 0 Å². The van der Waals surface area contributed by atoms with Crippen LogP contribution in [-0.4, -0.2) is 44.2 Å². The summed E-state index contributed by atoms with van der Waals surface area (Å²) in [5.74, 6) is 0. The van der Waals surface area contributed by atoms with E-state index in [0.717, 1.165) is 32.6 Å². The van der Waals surface area contributed by atoms with E-state index in [1.165, 1.54) is 11.3 Å². The molecule has 0 aromatic heterocycles. The lowest BCUT2D eigenvalue weighted by Crippen LogP contribution is -2.45. The molecule has 0 fully saturated rings. The highest BCUT2D eigenvalue weighted by molar-refractivity contribution is 5.56. The first kappa shape index (κ1) is 19.3. The Labute approximate surface area is 149 Å². The molecule has 2 rings (SSSR count). The summed E-state index contributed by atoms with van der Waals surface area (Å²) >= 11 is 0. The summed E-state index contributed by atoms with van der Waals surface area (Å²) in [5, 5.41) is 3.25. The van der Waals surface area contributed by atoms with Crippen LogP contribution >= 0.6 is 0 Å². The summed E-state index contributed by atoms with van der Waals surface area (Å²) in [6.07, 6.45) is 1.16. The van der Waals surface area contributed by atoms with E-state index in [1.807, 2.05) is 7.05 Å². The van der Waals surface area contributed by atoms with Crippen LogP contribution in [0.4, 0.5) is 5.69 Å². The molecule has 1 aromatic rings. The lowest BCUT2D eigenvalue weighted by atomic mass is 9.79. The molecule has 3 nitrogen and oxygen atoms in total. The van der Waals surface area contributed by atoms with Crippen LogP contribution in [0.1, 0.15) is 58.2 Å². The Hall–Kier alpha value is -1.06. The normalized spacial score (nSPS) is 16.2. The highest BCUT2D eigenvalue weighted by Crippen LogP contribution is 2.36. The highest BCUT2D eigenvalue weighted by atomic mass is 15.2. The maximum atomic E-state index is 3.25. The molecule has 136 valence electrons. The van der Waals surface area contributed by atoms with Crippen LogP contribution in [0.15, 0.2) is 12.1 Å². The lowest BCUT2D eigenvalue weighted by Gasteiger charge is -2.41. The van der Waals surface area contributed by atoms with Crippen LogP contribution in [0.25, 0.3) is 0 Å². The van der Waals surface area contributed by atoms with E-state index >= 15 is 0 Å². The van der Waals surface area contributed by atoms with Crippen LogP contribution in [0, 0.1) is 0 Å². The smallest absolute Gasteiger partial charge is 0.0370 e. The van der Waals surface area contributed by atoms with Gasteiger partial charge >= 0.3 is 0 Å². The van der Waals surface area contributed by atoms with Gasteiger partial charge in [-0.2, -0.15) is 0 Å². The molecule has 0 saturated carbocycles. The maximum Gasteiger partial charge on any atom is 0.0370 e. The van der Waals surface area contributed by atoms with Crippen molar-refractivity contribution in [3.05, 3.63) is 28.8 Å². The average Bonchev–Trinajstić information content (AvgIpc) is 2.49. The molecule has 0 radical (unpaired) electrons. The minimum Gasteiger partial charge on any atom is -0.373 e. The molecule has 3 heteroatoms. The zero-order chi connectivity index (χ0) is 18.1. The predicted molar refractivity (Wildman–Crippen MR) is 106 cm³/mol. The number of likely N-dealkylation sites (N-methyl/N-ethyl adjacent to an activating group) is 2. The van der Waals surface area contributed by atoms with Gasteiger partial charge < -0.3 is 10.2 Å². The van der Waals surface area contributed by atoms with Gasteiger partial charge in [-0.05, 0) is 68.5 Å². The molecular formula is C21H37N3. The molecule has 0 spiro atoms. The van der Waals surface area contributed by atoms with E-state index < -0.39 is 0 Å². The zero-order valence-corrected chi connectivity index (χ0v) is 17.1. The van der Waals surface area contributed by atoms with Gasteiger partial charge in [0.1, 0.15) is 0 Å². The minimum absolute atomic E-state index is 0.171. The first-order chi connectivity index (χ1) is 11.0. The van der Waals surface area contributed by atoms with Crippen molar-refractivity contribution in [3.63, 3.8) is 0 Å². The summed E-state index contributed by atoms with van der Waals surface area (Å²) in [6.45, 7) is 18.3. The number of nitrogens with one attached hydrogen (secondary N) is 1. The van der Waals surface area contributed by atoms with Crippen molar-refractivity contribution in [2.45, 2.75) is 65.5 Å². The second-order valence-corrected chi connectivity index (χ2v) is 9.25. The molecule has 1 aliphatic heterocycles. The van der Waals surface area contributed by atoms with Gasteiger partial charge in [0.25, 0.3) is 0 Å². The number of rotatable bonds is 4. The summed E-state index contributed by atoms with van der Waals surface area (Å²) < 4.78 is 0. The Balaban J connectivity index is 2.43. The Morgan fingerprint density at radius 1 is 1.12 bits per heavy atom. The van der Waals surface area contributed by atoms with E-state index in [-0.39, 0.29) is 11.0 Å². The van der Waals surface area contributed by atoms with Crippen molar-refractivity contribution in [1.29, 1.82) is 0 Å². The monoisotopic (exact) mass is 331 g/mol. The Morgan fingerprint density at radius 3 is 2.33 bits per heavy atom. The van der Waals surface area contributed by atoms with Crippen molar-refractivity contribution in [1.82, 2.24) is 10.2 Å². The Morgan fingerprint density at radius 2 is 1.79 bits per heavy atom. The molecule has 24 heavy (non-hydrogen) atoms. The van der Waals surface area contributed by atoms with Gasteiger partial charge in [0.15, 0.2) is 0 Å². The first-order valence-electron chi connectivity index (χ1n) is 9.31. The van der Waals surface area contributed by atoms with E-state index in [2.05, 4.69) is 75.8 Å². The topological polar surface area (TPSA) is 18.5 Å². The fourth-order valence-corrected chi connectivity index (χ4v) is 3.52. The van der Waals surface area contributed by atoms with E-state index in [1.54, 1.807) is 11.1 Å². The van der Waals surface area contributed by atoms with Crippen molar-refractivity contribution >= 4 is 5.69 Å². The van der Waals surface area contributed by atoms with Crippen LogP contribution < -0.4 is 10.2 Å². The number of benzene rings is 1.